The van der Waals surface area contributed by atoms with Crippen molar-refractivity contribution >= 4 is 46.3 Å². The Balaban J connectivity index is 1.64. The molecule has 0 spiro atoms. The van der Waals surface area contributed by atoms with Crippen LogP contribution in [0.15, 0.2) is 77.1 Å². The van der Waals surface area contributed by atoms with Crippen molar-refractivity contribution in [2.75, 3.05) is 14.2 Å². The van der Waals surface area contributed by atoms with Crippen LogP contribution in [-0.2, 0) is 17.8 Å². The number of carboxylic acids is 1. The Morgan fingerprint density at radius 2 is 1.98 bits per heavy atom. The van der Waals surface area contributed by atoms with Gasteiger partial charge in [0.1, 0.15) is 6.61 Å². The minimum atomic E-state index is -1.05. The first-order valence-corrected chi connectivity index (χ1v) is 13.2. The van der Waals surface area contributed by atoms with Gasteiger partial charge in [0.15, 0.2) is 16.7 Å². The normalized spacial score (nSPS) is 14.9. The zero-order chi connectivity index (χ0) is 29.7. The SMILES string of the molecule is C=CCc1cc(/C=C2\SC(=Nc3cccc(C(=O)O)c3C)N(C)C2=O)cc(OC)c1OCc1cccc([N+](=O)[O-])c1. The number of nitrogens with zero attached hydrogens (tertiary/aromatic N) is 3. The fourth-order valence-electron chi connectivity index (χ4n) is 4.19. The largest absolute Gasteiger partial charge is 0.493 e. The molecule has 0 atom stereocenters. The molecule has 1 fully saturated rings. The molecule has 1 saturated heterocycles. The van der Waals surface area contributed by atoms with E-state index in [-0.39, 0.29) is 23.8 Å². The van der Waals surface area contributed by atoms with Crippen molar-refractivity contribution in [1.82, 2.24) is 4.90 Å². The number of rotatable bonds is 10. The number of likely N-dealkylation sites (N-methyl/N-ethyl adjacent to an activating group) is 1. The molecule has 1 amide bonds. The number of carboxylic acid groups (broad SMARTS) is 1. The van der Waals surface area contributed by atoms with E-state index in [4.69, 9.17) is 9.47 Å². The molecule has 210 valence electrons. The number of non-ortho nitro benzene ring substituents is 1. The molecule has 3 aromatic rings. The molecular weight excluding hydrogens is 546 g/mol. The standard InChI is InChI=1S/C30H27N3O7S/c1-5-8-21-13-20(15-25(39-4)27(21)40-17-19-9-6-10-22(14-19)33(37)38)16-26-28(34)32(3)30(41-26)31-24-12-7-11-23(18(24)2)29(35)36/h5-7,9-16H,1,8,17H2,2-4H3,(H,35,36)/b26-16-,31-30?. The number of nitro groups is 1. The summed E-state index contributed by atoms with van der Waals surface area (Å²) in [6.45, 7) is 5.59. The summed E-state index contributed by atoms with van der Waals surface area (Å²) < 4.78 is 11.7. The molecule has 0 aliphatic carbocycles. The minimum Gasteiger partial charge on any atom is -0.493 e. The van der Waals surface area contributed by atoms with Crippen molar-refractivity contribution in [3.8, 4) is 11.5 Å². The molecule has 1 heterocycles. The van der Waals surface area contributed by atoms with Gasteiger partial charge in [0, 0.05) is 24.7 Å². The summed E-state index contributed by atoms with van der Waals surface area (Å²) in [6.07, 6.45) is 3.89. The molecule has 1 aliphatic heterocycles. The Labute approximate surface area is 240 Å². The molecule has 4 rings (SSSR count). The van der Waals surface area contributed by atoms with E-state index in [1.54, 1.807) is 56.5 Å². The maximum Gasteiger partial charge on any atom is 0.336 e. The third-order valence-corrected chi connectivity index (χ3v) is 7.36. The Kier molecular flexibility index (Phi) is 8.88. The Morgan fingerprint density at radius 3 is 2.66 bits per heavy atom. The zero-order valence-electron chi connectivity index (χ0n) is 22.6. The number of carbonyl (C=O) groups excluding carboxylic acids is 1. The second-order valence-corrected chi connectivity index (χ2v) is 10.1. The van der Waals surface area contributed by atoms with Crippen LogP contribution >= 0.6 is 11.8 Å². The average molecular weight is 574 g/mol. The van der Waals surface area contributed by atoms with Gasteiger partial charge in [-0.15, -0.1) is 6.58 Å². The summed E-state index contributed by atoms with van der Waals surface area (Å²) in [5.74, 6) is -0.397. The van der Waals surface area contributed by atoms with Crippen molar-refractivity contribution in [1.29, 1.82) is 0 Å². The number of methoxy groups -OCH3 is 1. The van der Waals surface area contributed by atoms with Gasteiger partial charge >= 0.3 is 5.97 Å². The lowest BCUT2D eigenvalue weighted by molar-refractivity contribution is -0.384. The number of allylic oxidation sites excluding steroid dienone is 1. The number of carbonyl (C=O) groups is 2. The van der Waals surface area contributed by atoms with Crippen molar-refractivity contribution in [2.24, 2.45) is 4.99 Å². The van der Waals surface area contributed by atoms with E-state index in [0.29, 0.717) is 50.4 Å². The van der Waals surface area contributed by atoms with Gasteiger partial charge < -0.3 is 14.6 Å². The smallest absolute Gasteiger partial charge is 0.336 e. The van der Waals surface area contributed by atoms with Gasteiger partial charge in [-0.2, -0.15) is 0 Å². The van der Waals surface area contributed by atoms with Crippen LogP contribution in [0.1, 0.15) is 32.6 Å². The van der Waals surface area contributed by atoms with E-state index >= 15 is 0 Å². The number of benzene rings is 3. The molecule has 41 heavy (non-hydrogen) atoms. The van der Waals surface area contributed by atoms with Gasteiger partial charge in [0.25, 0.3) is 11.6 Å². The molecular formula is C30H27N3O7S. The Bertz CT molecular complexity index is 1610. The van der Waals surface area contributed by atoms with E-state index in [2.05, 4.69) is 11.6 Å². The van der Waals surface area contributed by atoms with E-state index in [1.807, 2.05) is 6.07 Å². The predicted molar refractivity (Wildman–Crippen MR) is 158 cm³/mol. The first-order chi connectivity index (χ1) is 19.6. The van der Waals surface area contributed by atoms with Gasteiger partial charge in [-0.1, -0.05) is 24.3 Å². The lowest BCUT2D eigenvalue weighted by Crippen LogP contribution is -2.23. The maximum absolute atomic E-state index is 13.1. The number of aliphatic imine (C=N–C) groups is 1. The van der Waals surface area contributed by atoms with Crippen LogP contribution in [0.4, 0.5) is 11.4 Å². The molecule has 3 aromatic carbocycles. The molecule has 0 saturated carbocycles. The van der Waals surface area contributed by atoms with Gasteiger partial charge in [-0.05, 0) is 72.1 Å². The first-order valence-electron chi connectivity index (χ1n) is 12.4. The second-order valence-electron chi connectivity index (χ2n) is 9.04. The number of thioether (sulfide) groups is 1. The number of hydrogen-bond donors (Lipinski definition) is 1. The molecule has 11 heteroatoms. The van der Waals surface area contributed by atoms with Crippen LogP contribution in [-0.4, -0.2) is 46.1 Å². The number of hydrogen-bond acceptors (Lipinski definition) is 8. The summed E-state index contributed by atoms with van der Waals surface area (Å²) in [5, 5.41) is 21.0. The van der Waals surface area contributed by atoms with Crippen molar-refractivity contribution < 1.29 is 29.1 Å². The molecule has 0 aromatic heterocycles. The summed E-state index contributed by atoms with van der Waals surface area (Å²) in [4.78, 5) is 41.7. The highest BCUT2D eigenvalue weighted by molar-refractivity contribution is 8.18. The van der Waals surface area contributed by atoms with Crippen LogP contribution in [0.25, 0.3) is 6.08 Å². The molecule has 0 unspecified atom stereocenters. The van der Waals surface area contributed by atoms with Crippen molar-refractivity contribution in [3.63, 3.8) is 0 Å². The Morgan fingerprint density at radius 1 is 1.22 bits per heavy atom. The number of nitro benzene ring substituents is 1. The molecule has 0 bridgehead atoms. The molecule has 1 aliphatic rings. The topological polar surface area (TPSA) is 132 Å². The van der Waals surface area contributed by atoms with E-state index in [9.17, 15) is 24.8 Å². The quantitative estimate of drug-likeness (QED) is 0.132. The first kappa shape index (κ1) is 29.1. The highest BCUT2D eigenvalue weighted by atomic mass is 32.2. The van der Waals surface area contributed by atoms with Gasteiger partial charge in [0.2, 0.25) is 0 Å². The predicted octanol–water partition coefficient (Wildman–Crippen LogP) is 6.15. The Hall–Kier alpha value is -4.90. The fourth-order valence-corrected chi connectivity index (χ4v) is 5.17. The number of amidine groups is 1. The number of aromatic carboxylic acids is 1. The van der Waals surface area contributed by atoms with Gasteiger partial charge in [0.05, 0.1) is 28.2 Å². The summed E-state index contributed by atoms with van der Waals surface area (Å²) in [5.41, 5.74) is 3.17. The summed E-state index contributed by atoms with van der Waals surface area (Å²) in [6, 6.07) is 14.6. The van der Waals surface area contributed by atoms with Crippen molar-refractivity contribution in [3.05, 3.63) is 110 Å². The number of amides is 1. The second kappa shape index (κ2) is 12.5. The van der Waals surface area contributed by atoms with E-state index in [0.717, 1.165) is 5.56 Å². The summed E-state index contributed by atoms with van der Waals surface area (Å²) >= 11 is 1.18. The lowest BCUT2D eigenvalue weighted by atomic mass is 10.0. The average Bonchev–Trinajstić information content (AvgIpc) is 3.20. The third-order valence-electron chi connectivity index (χ3n) is 6.30. The summed E-state index contributed by atoms with van der Waals surface area (Å²) in [7, 11) is 3.12. The van der Waals surface area contributed by atoms with Gasteiger partial charge in [-0.3, -0.25) is 19.8 Å². The zero-order valence-corrected chi connectivity index (χ0v) is 23.4. The van der Waals surface area contributed by atoms with Gasteiger partial charge in [-0.25, -0.2) is 9.79 Å². The van der Waals surface area contributed by atoms with Crippen LogP contribution in [0, 0.1) is 17.0 Å². The molecule has 0 radical (unpaired) electrons. The van der Waals surface area contributed by atoms with E-state index < -0.39 is 10.9 Å². The minimum absolute atomic E-state index is 0.0253. The van der Waals surface area contributed by atoms with E-state index in [1.165, 1.54) is 42.0 Å². The monoisotopic (exact) mass is 573 g/mol. The van der Waals surface area contributed by atoms with Crippen molar-refractivity contribution in [2.45, 2.75) is 20.0 Å². The van der Waals surface area contributed by atoms with Crippen LogP contribution in [0.2, 0.25) is 0 Å². The van der Waals surface area contributed by atoms with Crippen LogP contribution in [0.5, 0.6) is 11.5 Å². The lowest BCUT2D eigenvalue weighted by Gasteiger charge is -2.16. The van der Waals surface area contributed by atoms with Crippen LogP contribution < -0.4 is 9.47 Å². The maximum atomic E-state index is 13.1. The fraction of sp³-hybridized carbons (Fsp3) is 0.167. The molecule has 1 N–H and O–H groups in total. The highest BCUT2D eigenvalue weighted by Gasteiger charge is 2.31. The number of ether oxygens (including phenoxy) is 2. The molecule has 10 nitrogen and oxygen atoms in total. The highest BCUT2D eigenvalue weighted by Crippen LogP contribution is 2.38. The third kappa shape index (κ3) is 6.47. The van der Waals surface area contributed by atoms with Crippen LogP contribution in [0.3, 0.4) is 0 Å².